The maximum atomic E-state index is 10.2. The van der Waals surface area contributed by atoms with Crippen LogP contribution in [0.15, 0.2) is 24.3 Å². The Bertz CT molecular complexity index is 358. The fourth-order valence-corrected chi connectivity index (χ4v) is 0.983. The fourth-order valence-electron chi connectivity index (χ4n) is 0.794. The molecular weight excluding hydrogens is 192 g/mol. The minimum atomic E-state index is -1.02. The van der Waals surface area contributed by atoms with Gasteiger partial charge >= 0.3 is 5.97 Å². The Balaban J connectivity index is 2.92. The molecule has 0 saturated carbocycles. The van der Waals surface area contributed by atoms with Crippen molar-refractivity contribution in [3.8, 4) is 5.75 Å². The van der Waals surface area contributed by atoms with E-state index in [9.17, 15) is 4.79 Å². The van der Waals surface area contributed by atoms with Crippen LogP contribution in [0.3, 0.4) is 0 Å². The van der Waals surface area contributed by atoms with Crippen LogP contribution in [0.4, 0.5) is 0 Å². The van der Waals surface area contributed by atoms with Crippen LogP contribution in [0.1, 0.15) is 5.56 Å². The minimum absolute atomic E-state index is 0.0193. The Morgan fingerprint density at radius 1 is 1.46 bits per heavy atom. The monoisotopic (exact) mass is 198 g/mol. The molecule has 1 aromatic rings. The molecule has 0 radical (unpaired) electrons. The third-order valence-electron chi connectivity index (χ3n) is 1.39. The summed E-state index contributed by atoms with van der Waals surface area (Å²) in [4.78, 5) is 10.2. The number of halogens is 1. The lowest BCUT2D eigenvalue weighted by molar-refractivity contribution is -0.131. The molecule has 2 N–H and O–H groups in total. The van der Waals surface area contributed by atoms with E-state index in [2.05, 4.69) is 0 Å². The highest BCUT2D eigenvalue weighted by atomic mass is 35.5. The number of aliphatic carboxylic acids is 1. The molecule has 0 aliphatic rings. The molecule has 0 atom stereocenters. The molecule has 0 aliphatic carbocycles. The largest absolute Gasteiger partial charge is 0.506 e. The van der Waals surface area contributed by atoms with E-state index in [-0.39, 0.29) is 10.8 Å². The van der Waals surface area contributed by atoms with Crippen LogP contribution < -0.4 is 0 Å². The Hall–Kier alpha value is -1.48. The second-order valence-electron chi connectivity index (χ2n) is 2.38. The number of phenolic OH excluding ortho intramolecular Hbond substituents is 1. The zero-order chi connectivity index (χ0) is 9.84. The molecule has 0 saturated heterocycles. The van der Waals surface area contributed by atoms with E-state index in [1.54, 1.807) is 6.07 Å². The highest BCUT2D eigenvalue weighted by molar-refractivity contribution is 6.32. The van der Waals surface area contributed by atoms with Crippen molar-refractivity contribution in [2.24, 2.45) is 0 Å². The maximum absolute atomic E-state index is 10.2. The number of carboxylic acids is 1. The van der Waals surface area contributed by atoms with Crippen molar-refractivity contribution < 1.29 is 15.0 Å². The molecule has 0 heterocycles. The number of phenols is 1. The lowest BCUT2D eigenvalue weighted by Crippen LogP contribution is -1.85. The van der Waals surface area contributed by atoms with Gasteiger partial charge in [-0.1, -0.05) is 17.7 Å². The summed E-state index contributed by atoms with van der Waals surface area (Å²) in [5.41, 5.74) is 0.630. The Labute approximate surface area is 79.9 Å². The normalized spacial score (nSPS) is 10.5. The quantitative estimate of drug-likeness (QED) is 0.716. The molecule has 0 spiro atoms. The van der Waals surface area contributed by atoms with E-state index in [0.717, 1.165) is 6.08 Å². The van der Waals surface area contributed by atoms with Gasteiger partial charge in [0.1, 0.15) is 5.75 Å². The van der Waals surface area contributed by atoms with E-state index >= 15 is 0 Å². The van der Waals surface area contributed by atoms with Crippen LogP contribution in [0.5, 0.6) is 5.75 Å². The van der Waals surface area contributed by atoms with Crippen molar-refractivity contribution in [3.05, 3.63) is 34.9 Å². The van der Waals surface area contributed by atoms with Gasteiger partial charge in [-0.3, -0.25) is 0 Å². The number of carbonyl (C=O) groups is 1. The van der Waals surface area contributed by atoms with Crippen molar-refractivity contribution in [1.82, 2.24) is 0 Å². The first-order valence-electron chi connectivity index (χ1n) is 3.49. The Kier molecular flexibility index (Phi) is 2.93. The van der Waals surface area contributed by atoms with Gasteiger partial charge in [0.15, 0.2) is 0 Å². The Morgan fingerprint density at radius 3 is 2.69 bits per heavy atom. The van der Waals surface area contributed by atoms with Crippen LogP contribution >= 0.6 is 11.6 Å². The van der Waals surface area contributed by atoms with Gasteiger partial charge in [0, 0.05) is 6.08 Å². The first-order chi connectivity index (χ1) is 6.09. The molecule has 68 valence electrons. The van der Waals surface area contributed by atoms with Crippen LogP contribution in [-0.2, 0) is 4.79 Å². The van der Waals surface area contributed by atoms with Crippen molar-refractivity contribution in [2.45, 2.75) is 0 Å². The summed E-state index contributed by atoms with van der Waals surface area (Å²) >= 11 is 5.60. The van der Waals surface area contributed by atoms with Gasteiger partial charge in [0.25, 0.3) is 0 Å². The summed E-state index contributed by atoms with van der Waals surface area (Å²) in [6.07, 6.45) is 2.40. The first-order valence-corrected chi connectivity index (χ1v) is 3.87. The second-order valence-corrected chi connectivity index (χ2v) is 2.79. The summed E-state index contributed by atoms with van der Waals surface area (Å²) < 4.78 is 0. The number of hydrogen-bond acceptors (Lipinski definition) is 2. The van der Waals surface area contributed by atoms with Crippen LogP contribution in [0, 0.1) is 0 Å². The number of benzene rings is 1. The summed E-state index contributed by atoms with van der Waals surface area (Å²) in [6.45, 7) is 0. The molecule has 1 aromatic carbocycles. The lowest BCUT2D eigenvalue weighted by atomic mass is 10.2. The molecule has 3 nitrogen and oxygen atoms in total. The topological polar surface area (TPSA) is 57.5 Å². The molecule has 1 rings (SSSR count). The lowest BCUT2D eigenvalue weighted by Gasteiger charge is -1.96. The van der Waals surface area contributed by atoms with E-state index in [0.29, 0.717) is 5.56 Å². The van der Waals surface area contributed by atoms with Gasteiger partial charge in [-0.25, -0.2) is 4.79 Å². The molecule has 4 heteroatoms. The summed E-state index contributed by atoms with van der Waals surface area (Å²) in [5.74, 6) is -1.04. The SMILES string of the molecule is O=C(O)/C=C\c1ccc(O)c(Cl)c1. The molecule has 0 amide bonds. The summed E-state index contributed by atoms with van der Waals surface area (Å²) in [6, 6.07) is 4.46. The molecular formula is C9H7ClO3. The molecule has 0 fully saturated rings. The van der Waals surface area contributed by atoms with E-state index in [1.165, 1.54) is 18.2 Å². The number of aromatic hydroxyl groups is 1. The smallest absolute Gasteiger partial charge is 0.328 e. The van der Waals surface area contributed by atoms with Gasteiger partial charge in [-0.2, -0.15) is 0 Å². The van der Waals surface area contributed by atoms with E-state index in [1.807, 2.05) is 0 Å². The molecule has 0 aromatic heterocycles. The predicted molar refractivity (Wildman–Crippen MR) is 49.8 cm³/mol. The summed E-state index contributed by atoms with van der Waals surface area (Å²) in [5, 5.41) is 17.6. The van der Waals surface area contributed by atoms with Gasteiger partial charge in [-0.05, 0) is 23.8 Å². The zero-order valence-corrected chi connectivity index (χ0v) is 7.32. The van der Waals surface area contributed by atoms with Crippen LogP contribution in [0.25, 0.3) is 6.08 Å². The minimum Gasteiger partial charge on any atom is -0.506 e. The van der Waals surface area contributed by atoms with Gasteiger partial charge in [0.2, 0.25) is 0 Å². The third kappa shape index (κ3) is 2.80. The second kappa shape index (κ2) is 3.96. The van der Waals surface area contributed by atoms with Gasteiger partial charge in [-0.15, -0.1) is 0 Å². The fraction of sp³-hybridized carbons (Fsp3) is 0. The predicted octanol–water partition coefficient (Wildman–Crippen LogP) is 2.14. The van der Waals surface area contributed by atoms with Gasteiger partial charge in [0.05, 0.1) is 5.02 Å². The highest BCUT2D eigenvalue weighted by Crippen LogP contribution is 2.23. The Morgan fingerprint density at radius 2 is 2.15 bits per heavy atom. The zero-order valence-electron chi connectivity index (χ0n) is 6.57. The average Bonchev–Trinajstić information content (AvgIpc) is 2.07. The molecule has 0 unspecified atom stereocenters. The molecule has 0 aliphatic heterocycles. The molecule has 13 heavy (non-hydrogen) atoms. The van der Waals surface area contributed by atoms with Crippen molar-refractivity contribution in [1.29, 1.82) is 0 Å². The first kappa shape index (κ1) is 9.61. The van der Waals surface area contributed by atoms with Gasteiger partial charge < -0.3 is 10.2 Å². The standard InChI is InChI=1S/C9H7ClO3/c10-7-5-6(1-3-8(7)11)2-4-9(12)13/h1-5,11H,(H,12,13)/b4-2-. The van der Waals surface area contributed by atoms with Crippen LogP contribution in [-0.4, -0.2) is 16.2 Å². The maximum Gasteiger partial charge on any atom is 0.328 e. The van der Waals surface area contributed by atoms with Crippen molar-refractivity contribution >= 4 is 23.6 Å². The average molecular weight is 199 g/mol. The number of hydrogen-bond donors (Lipinski definition) is 2. The van der Waals surface area contributed by atoms with Crippen LogP contribution in [0.2, 0.25) is 5.02 Å². The van der Waals surface area contributed by atoms with Crippen molar-refractivity contribution in [2.75, 3.05) is 0 Å². The van der Waals surface area contributed by atoms with E-state index < -0.39 is 5.97 Å². The van der Waals surface area contributed by atoms with Crippen molar-refractivity contribution in [3.63, 3.8) is 0 Å². The third-order valence-corrected chi connectivity index (χ3v) is 1.69. The van der Waals surface area contributed by atoms with E-state index in [4.69, 9.17) is 21.8 Å². The number of carboxylic acid groups (broad SMARTS) is 1. The molecule has 0 bridgehead atoms. The highest BCUT2D eigenvalue weighted by Gasteiger charge is 1.97. The number of rotatable bonds is 2. The summed E-state index contributed by atoms with van der Waals surface area (Å²) in [7, 11) is 0.